The first kappa shape index (κ1) is 21.8. The number of ether oxygens (including phenoxy) is 2. The quantitative estimate of drug-likeness (QED) is 0.500. The minimum Gasteiger partial charge on any atom is -0.481 e. The smallest absolute Gasteiger partial charge is 0.266 e. The summed E-state index contributed by atoms with van der Waals surface area (Å²) in [5, 5.41) is 2.92. The third-order valence-electron chi connectivity index (χ3n) is 3.87. The van der Waals surface area contributed by atoms with E-state index in [1.165, 1.54) is 13.1 Å². The lowest BCUT2D eigenvalue weighted by atomic mass is 10.3. The Hall–Kier alpha value is -2.95. The first-order valence-electron chi connectivity index (χ1n) is 8.79. The fourth-order valence-corrected chi connectivity index (χ4v) is 2.95. The number of hydrogen-bond donors (Lipinski definition) is 2. The zero-order chi connectivity index (χ0) is 21.7. The normalized spacial score (nSPS) is 12.4. The fraction of sp³-hybridized carbons (Fsp3) is 0.211. The van der Waals surface area contributed by atoms with E-state index in [-0.39, 0.29) is 6.54 Å². The molecule has 0 fully saturated rings. The molecule has 2 N–H and O–H groups in total. The highest BCUT2D eigenvalue weighted by atomic mass is 35.5. The lowest BCUT2D eigenvalue weighted by Crippen LogP contribution is -2.38. The van der Waals surface area contributed by atoms with E-state index in [0.29, 0.717) is 33.4 Å². The molecule has 1 atom stereocenters. The standard InChI is InChI=1S/C19H18ClN3O6S/c1-12(19(24)21-8-9-30(25,26)27)28-14-3-5-15(6-4-14)29-18-11-22-16-7-2-13(20)10-17(16)23-18/h2-7,10-12H,8-9H2,1H3,(H,21,24)(H,25,26,27). The molecule has 3 aromatic rings. The van der Waals surface area contributed by atoms with Gasteiger partial charge in [0, 0.05) is 11.6 Å². The summed E-state index contributed by atoms with van der Waals surface area (Å²) in [4.78, 5) is 20.5. The molecule has 1 unspecified atom stereocenters. The Morgan fingerprint density at radius 1 is 1.17 bits per heavy atom. The predicted octanol–water partition coefficient (Wildman–Crippen LogP) is 2.85. The van der Waals surface area contributed by atoms with Gasteiger partial charge in [0.25, 0.3) is 16.0 Å². The Morgan fingerprint density at radius 3 is 2.57 bits per heavy atom. The largest absolute Gasteiger partial charge is 0.481 e. The molecule has 9 nitrogen and oxygen atoms in total. The van der Waals surface area contributed by atoms with E-state index in [1.807, 2.05) is 0 Å². The number of fused-ring (bicyclic) bond motifs is 1. The summed E-state index contributed by atoms with van der Waals surface area (Å²) < 4.78 is 41.2. The number of hydrogen-bond acceptors (Lipinski definition) is 7. The Labute approximate surface area is 177 Å². The summed E-state index contributed by atoms with van der Waals surface area (Å²) in [6, 6.07) is 11.7. The summed E-state index contributed by atoms with van der Waals surface area (Å²) in [6.45, 7) is 1.30. The van der Waals surface area contributed by atoms with Gasteiger partial charge in [-0.25, -0.2) is 9.97 Å². The van der Waals surface area contributed by atoms with Crippen molar-refractivity contribution in [3.63, 3.8) is 0 Å². The highest BCUT2D eigenvalue weighted by molar-refractivity contribution is 7.85. The molecular formula is C19H18ClN3O6S. The van der Waals surface area contributed by atoms with Crippen molar-refractivity contribution in [2.45, 2.75) is 13.0 Å². The maximum absolute atomic E-state index is 11.9. The van der Waals surface area contributed by atoms with Crippen molar-refractivity contribution in [3.8, 4) is 17.4 Å². The highest BCUT2D eigenvalue weighted by Gasteiger charge is 2.15. The molecule has 11 heteroatoms. The predicted molar refractivity (Wildman–Crippen MR) is 111 cm³/mol. The molecule has 0 aliphatic rings. The number of aromatic nitrogens is 2. The molecule has 0 bridgehead atoms. The van der Waals surface area contributed by atoms with Gasteiger partial charge in [-0.15, -0.1) is 0 Å². The van der Waals surface area contributed by atoms with Crippen LogP contribution < -0.4 is 14.8 Å². The first-order valence-corrected chi connectivity index (χ1v) is 10.8. The van der Waals surface area contributed by atoms with Crippen LogP contribution in [0.25, 0.3) is 11.0 Å². The molecule has 0 spiro atoms. The molecule has 0 saturated heterocycles. The van der Waals surface area contributed by atoms with E-state index in [1.54, 1.807) is 42.5 Å². The molecule has 2 aromatic carbocycles. The molecule has 30 heavy (non-hydrogen) atoms. The molecule has 0 aliphatic carbocycles. The van der Waals surface area contributed by atoms with Crippen LogP contribution >= 0.6 is 11.6 Å². The van der Waals surface area contributed by atoms with Crippen LogP contribution in [0.1, 0.15) is 6.92 Å². The van der Waals surface area contributed by atoms with Crippen molar-refractivity contribution < 1.29 is 27.2 Å². The second-order valence-corrected chi connectivity index (χ2v) is 8.26. The van der Waals surface area contributed by atoms with Crippen LogP contribution in [0, 0.1) is 0 Å². The van der Waals surface area contributed by atoms with Gasteiger partial charge in [0.15, 0.2) is 6.10 Å². The number of carbonyl (C=O) groups excluding carboxylic acids is 1. The second-order valence-electron chi connectivity index (χ2n) is 6.25. The molecule has 0 saturated carbocycles. The van der Waals surface area contributed by atoms with Gasteiger partial charge in [-0.2, -0.15) is 8.42 Å². The molecule has 1 heterocycles. The van der Waals surface area contributed by atoms with Crippen LogP contribution in [0.3, 0.4) is 0 Å². The second kappa shape index (κ2) is 9.24. The summed E-state index contributed by atoms with van der Waals surface area (Å²) in [5.41, 5.74) is 1.30. The minimum atomic E-state index is -4.13. The van der Waals surface area contributed by atoms with Crippen LogP contribution in [0.4, 0.5) is 0 Å². The number of halogens is 1. The number of amides is 1. The van der Waals surface area contributed by atoms with Crippen molar-refractivity contribution in [2.75, 3.05) is 12.3 Å². The maximum atomic E-state index is 11.9. The van der Waals surface area contributed by atoms with E-state index in [9.17, 15) is 13.2 Å². The number of rotatable bonds is 8. The van der Waals surface area contributed by atoms with Gasteiger partial charge in [-0.05, 0) is 49.4 Å². The van der Waals surface area contributed by atoms with Crippen LogP contribution in [0.15, 0.2) is 48.7 Å². The highest BCUT2D eigenvalue weighted by Crippen LogP contribution is 2.24. The Morgan fingerprint density at radius 2 is 1.87 bits per heavy atom. The lowest BCUT2D eigenvalue weighted by Gasteiger charge is -2.14. The summed E-state index contributed by atoms with van der Waals surface area (Å²) >= 11 is 5.97. The molecular weight excluding hydrogens is 434 g/mol. The van der Waals surface area contributed by atoms with Gasteiger partial charge >= 0.3 is 0 Å². The minimum absolute atomic E-state index is 0.212. The van der Waals surface area contributed by atoms with Gasteiger partial charge in [-0.3, -0.25) is 9.35 Å². The number of carbonyl (C=O) groups is 1. The summed E-state index contributed by atoms with van der Waals surface area (Å²) in [5.74, 6) is 0.120. The maximum Gasteiger partial charge on any atom is 0.266 e. The fourth-order valence-electron chi connectivity index (χ4n) is 2.43. The average Bonchev–Trinajstić information content (AvgIpc) is 2.68. The van der Waals surface area contributed by atoms with Crippen molar-refractivity contribution in [2.24, 2.45) is 0 Å². The Balaban J connectivity index is 1.57. The SMILES string of the molecule is CC(Oc1ccc(Oc2cnc3ccc(Cl)cc3n2)cc1)C(=O)NCCS(=O)(=O)O. The molecule has 1 aromatic heterocycles. The van der Waals surface area contributed by atoms with Gasteiger partial charge in [-0.1, -0.05) is 11.6 Å². The van der Waals surface area contributed by atoms with Crippen molar-refractivity contribution >= 4 is 38.7 Å². The van der Waals surface area contributed by atoms with Crippen LogP contribution in [-0.4, -0.2) is 47.2 Å². The van der Waals surface area contributed by atoms with E-state index >= 15 is 0 Å². The van der Waals surface area contributed by atoms with Crippen molar-refractivity contribution in [1.82, 2.24) is 15.3 Å². The summed E-state index contributed by atoms with van der Waals surface area (Å²) in [7, 11) is -4.13. The van der Waals surface area contributed by atoms with E-state index in [4.69, 9.17) is 25.6 Å². The van der Waals surface area contributed by atoms with Gasteiger partial charge in [0.05, 0.1) is 23.0 Å². The zero-order valence-electron chi connectivity index (χ0n) is 15.8. The van der Waals surface area contributed by atoms with Gasteiger partial charge in [0.2, 0.25) is 5.88 Å². The number of nitrogens with zero attached hydrogens (tertiary/aromatic N) is 2. The Kier molecular flexibility index (Phi) is 6.70. The van der Waals surface area contributed by atoms with E-state index in [2.05, 4.69) is 15.3 Å². The van der Waals surface area contributed by atoms with Gasteiger partial charge < -0.3 is 14.8 Å². The van der Waals surface area contributed by atoms with Crippen LogP contribution in [-0.2, 0) is 14.9 Å². The number of nitrogens with one attached hydrogen (secondary N) is 1. The molecule has 1 amide bonds. The van der Waals surface area contributed by atoms with E-state index in [0.717, 1.165) is 0 Å². The number of benzene rings is 2. The van der Waals surface area contributed by atoms with Crippen LogP contribution in [0.2, 0.25) is 5.02 Å². The van der Waals surface area contributed by atoms with Crippen molar-refractivity contribution in [3.05, 3.63) is 53.7 Å². The zero-order valence-corrected chi connectivity index (χ0v) is 17.4. The molecule has 158 valence electrons. The third kappa shape index (κ3) is 6.28. The van der Waals surface area contributed by atoms with Gasteiger partial charge in [0.1, 0.15) is 11.5 Å². The Bertz CT molecular complexity index is 1150. The lowest BCUT2D eigenvalue weighted by molar-refractivity contribution is -0.127. The summed E-state index contributed by atoms with van der Waals surface area (Å²) in [6.07, 6.45) is 0.633. The first-order chi connectivity index (χ1) is 14.2. The third-order valence-corrected chi connectivity index (χ3v) is 4.82. The average molecular weight is 452 g/mol. The van der Waals surface area contributed by atoms with E-state index < -0.39 is 27.9 Å². The molecule has 0 aliphatic heterocycles. The molecule has 0 radical (unpaired) electrons. The van der Waals surface area contributed by atoms with Crippen molar-refractivity contribution in [1.29, 1.82) is 0 Å². The monoisotopic (exact) mass is 451 g/mol. The topological polar surface area (TPSA) is 128 Å². The molecule has 3 rings (SSSR count). The van der Waals surface area contributed by atoms with Crippen LogP contribution in [0.5, 0.6) is 17.4 Å².